The smallest absolute Gasteiger partial charge is 0.215 e. The van der Waals surface area contributed by atoms with E-state index in [4.69, 9.17) is 10.9 Å². The first-order valence-electron chi connectivity index (χ1n) is 7.51. The molecule has 1 aliphatic carbocycles. The highest BCUT2D eigenvalue weighted by Crippen LogP contribution is 2.28. The fraction of sp³-hybridized carbons (Fsp3) is 0.923. The number of nitrogens with zero attached hydrogens (tertiary/aromatic N) is 2. The van der Waals surface area contributed by atoms with Gasteiger partial charge < -0.3 is 10.9 Å². The average molecular weight is 303 g/mol. The zero-order valence-electron chi connectivity index (χ0n) is 11.9. The number of piperidine rings is 1. The first-order valence-corrected chi connectivity index (χ1v) is 9.12. The molecule has 1 heterocycles. The zero-order chi connectivity index (χ0) is 14.6. The van der Waals surface area contributed by atoms with E-state index in [9.17, 15) is 8.42 Å². The topological polar surface area (TPSA) is 96.0 Å². The van der Waals surface area contributed by atoms with Gasteiger partial charge in [-0.1, -0.05) is 30.8 Å². The number of sulfonamides is 1. The summed E-state index contributed by atoms with van der Waals surface area (Å²) in [6.45, 7) is 0.482. The van der Waals surface area contributed by atoms with Gasteiger partial charge in [-0.25, -0.2) is 8.42 Å². The molecule has 0 amide bonds. The van der Waals surface area contributed by atoms with Crippen LogP contribution in [0.1, 0.15) is 51.4 Å². The fourth-order valence-corrected chi connectivity index (χ4v) is 5.48. The molecular weight excluding hydrogens is 278 g/mol. The Balaban J connectivity index is 2.09. The van der Waals surface area contributed by atoms with Crippen molar-refractivity contribution in [2.75, 3.05) is 12.3 Å². The summed E-state index contributed by atoms with van der Waals surface area (Å²) < 4.78 is 26.7. The molecule has 20 heavy (non-hydrogen) atoms. The molecular formula is C13H25N3O3S. The molecule has 0 aromatic rings. The second kappa shape index (κ2) is 6.76. The molecule has 1 unspecified atom stereocenters. The molecule has 6 nitrogen and oxygen atoms in total. The summed E-state index contributed by atoms with van der Waals surface area (Å²) >= 11 is 0. The maximum atomic E-state index is 12.6. The lowest BCUT2D eigenvalue weighted by molar-refractivity contribution is 0.278. The molecule has 0 spiro atoms. The second-order valence-electron chi connectivity index (χ2n) is 5.93. The number of nitrogens with two attached hydrogens (primary N) is 1. The lowest BCUT2D eigenvalue weighted by Gasteiger charge is -2.35. The van der Waals surface area contributed by atoms with Gasteiger partial charge >= 0.3 is 0 Å². The van der Waals surface area contributed by atoms with Crippen LogP contribution >= 0.6 is 0 Å². The molecule has 1 aliphatic heterocycles. The van der Waals surface area contributed by atoms with Crippen LogP contribution in [0.25, 0.3) is 0 Å². The zero-order valence-corrected chi connectivity index (χ0v) is 12.7. The minimum atomic E-state index is -3.33. The maximum absolute atomic E-state index is 12.6. The lowest BCUT2D eigenvalue weighted by Crippen LogP contribution is -2.51. The van der Waals surface area contributed by atoms with E-state index in [1.165, 1.54) is 10.7 Å². The number of amidine groups is 1. The van der Waals surface area contributed by atoms with Crippen LogP contribution in [-0.2, 0) is 10.0 Å². The summed E-state index contributed by atoms with van der Waals surface area (Å²) in [5.41, 5.74) is 5.66. The van der Waals surface area contributed by atoms with Crippen molar-refractivity contribution >= 4 is 15.9 Å². The van der Waals surface area contributed by atoms with E-state index in [2.05, 4.69) is 5.16 Å². The van der Waals surface area contributed by atoms with Gasteiger partial charge in [0, 0.05) is 6.54 Å². The highest BCUT2D eigenvalue weighted by molar-refractivity contribution is 7.89. The van der Waals surface area contributed by atoms with E-state index < -0.39 is 16.1 Å². The predicted octanol–water partition coefficient (Wildman–Crippen LogP) is 1.50. The van der Waals surface area contributed by atoms with Crippen molar-refractivity contribution in [2.45, 2.75) is 57.4 Å². The molecule has 2 fully saturated rings. The van der Waals surface area contributed by atoms with Gasteiger partial charge in [-0.3, -0.25) is 0 Å². The van der Waals surface area contributed by atoms with Crippen LogP contribution in [0, 0.1) is 5.92 Å². The van der Waals surface area contributed by atoms with Crippen LogP contribution in [0.15, 0.2) is 5.16 Å². The van der Waals surface area contributed by atoms with Crippen molar-refractivity contribution in [1.29, 1.82) is 0 Å². The number of oxime groups is 1. The molecule has 0 radical (unpaired) electrons. The summed E-state index contributed by atoms with van der Waals surface area (Å²) in [6.07, 6.45) is 7.87. The quantitative estimate of drug-likeness (QED) is 0.356. The van der Waals surface area contributed by atoms with E-state index in [0.717, 1.165) is 38.5 Å². The Labute approximate surface area is 121 Å². The Morgan fingerprint density at radius 3 is 2.45 bits per heavy atom. The first kappa shape index (κ1) is 15.6. The van der Waals surface area contributed by atoms with Crippen molar-refractivity contribution < 1.29 is 13.6 Å². The molecule has 1 saturated carbocycles. The molecule has 0 bridgehead atoms. The molecule has 0 aromatic heterocycles. The van der Waals surface area contributed by atoms with E-state index in [-0.39, 0.29) is 17.5 Å². The van der Waals surface area contributed by atoms with Gasteiger partial charge in [0.2, 0.25) is 10.0 Å². The summed E-state index contributed by atoms with van der Waals surface area (Å²) in [5.74, 6) is 0.489. The van der Waals surface area contributed by atoms with Crippen molar-refractivity contribution in [3.8, 4) is 0 Å². The van der Waals surface area contributed by atoms with Crippen LogP contribution in [0.4, 0.5) is 0 Å². The normalized spacial score (nSPS) is 27.6. The summed E-state index contributed by atoms with van der Waals surface area (Å²) in [7, 11) is -3.33. The van der Waals surface area contributed by atoms with E-state index in [1.54, 1.807) is 0 Å². The average Bonchev–Trinajstić information content (AvgIpc) is 2.47. The number of hydrogen-bond acceptors (Lipinski definition) is 4. The molecule has 1 saturated heterocycles. The van der Waals surface area contributed by atoms with E-state index in [0.29, 0.717) is 13.0 Å². The third-order valence-electron chi connectivity index (χ3n) is 4.44. The fourth-order valence-electron chi connectivity index (χ4n) is 3.35. The van der Waals surface area contributed by atoms with Gasteiger partial charge in [-0.15, -0.1) is 0 Å². The van der Waals surface area contributed by atoms with E-state index >= 15 is 0 Å². The third-order valence-corrected chi connectivity index (χ3v) is 6.48. The number of rotatable bonds is 4. The number of hydrogen-bond donors (Lipinski definition) is 2. The van der Waals surface area contributed by atoms with Gasteiger partial charge in [0.1, 0.15) is 0 Å². The standard InChI is InChI=1S/C13H25N3O3S/c14-13(15-17)12-8-4-5-9-16(12)20(18,19)10-11-6-2-1-3-7-11/h11-12,17H,1-10H2,(H2,14,15). The molecule has 2 rings (SSSR count). The van der Waals surface area contributed by atoms with Crippen molar-refractivity contribution in [1.82, 2.24) is 4.31 Å². The predicted molar refractivity (Wildman–Crippen MR) is 78.1 cm³/mol. The maximum Gasteiger partial charge on any atom is 0.215 e. The van der Waals surface area contributed by atoms with E-state index in [1.807, 2.05) is 0 Å². The van der Waals surface area contributed by atoms with Gasteiger partial charge in [0.25, 0.3) is 0 Å². The molecule has 3 N–H and O–H groups in total. The third kappa shape index (κ3) is 3.63. The van der Waals surface area contributed by atoms with Crippen LogP contribution in [0.3, 0.4) is 0 Å². The lowest BCUT2D eigenvalue weighted by atomic mass is 9.91. The Kier molecular flexibility index (Phi) is 5.26. The van der Waals surface area contributed by atoms with Crippen molar-refractivity contribution in [3.05, 3.63) is 0 Å². The first-order chi connectivity index (χ1) is 9.54. The Morgan fingerprint density at radius 2 is 1.80 bits per heavy atom. The van der Waals surface area contributed by atoms with Crippen LogP contribution < -0.4 is 5.73 Å². The molecule has 1 atom stereocenters. The summed E-state index contributed by atoms with van der Waals surface area (Å²) in [6, 6.07) is -0.470. The second-order valence-corrected chi connectivity index (χ2v) is 7.90. The van der Waals surface area contributed by atoms with Crippen molar-refractivity contribution in [3.63, 3.8) is 0 Å². The minimum absolute atomic E-state index is 0.0110. The molecule has 0 aromatic carbocycles. The van der Waals surface area contributed by atoms with Gasteiger partial charge in [-0.05, 0) is 31.6 Å². The Hall–Kier alpha value is -0.820. The van der Waals surface area contributed by atoms with Crippen LogP contribution in [0.5, 0.6) is 0 Å². The molecule has 2 aliphatic rings. The Bertz CT molecular complexity index is 444. The highest BCUT2D eigenvalue weighted by atomic mass is 32.2. The van der Waals surface area contributed by atoms with Gasteiger partial charge in [-0.2, -0.15) is 4.31 Å². The van der Waals surface area contributed by atoms with Gasteiger partial charge in [0.15, 0.2) is 5.84 Å². The van der Waals surface area contributed by atoms with Gasteiger partial charge in [0.05, 0.1) is 11.8 Å². The minimum Gasteiger partial charge on any atom is -0.409 e. The molecule has 7 heteroatoms. The monoisotopic (exact) mass is 303 g/mol. The summed E-state index contributed by atoms with van der Waals surface area (Å²) in [5, 5.41) is 11.8. The van der Waals surface area contributed by atoms with Crippen LogP contribution in [0.2, 0.25) is 0 Å². The Morgan fingerprint density at radius 1 is 1.15 bits per heavy atom. The highest BCUT2D eigenvalue weighted by Gasteiger charge is 2.36. The molecule has 116 valence electrons. The van der Waals surface area contributed by atoms with Crippen molar-refractivity contribution in [2.24, 2.45) is 16.8 Å². The largest absolute Gasteiger partial charge is 0.409 e. The SMILES string of the molecule is NC(=NO)C1CCCCN1S(=O)(=O)CC1CCCCC1. The summed E-state index contributed by atoms with van der Waals surface area (Å²) in [4.78, 5) is 0. The van der Waals surface area contributed by atoms with Crippen LogP contribution in [-0.4, -0.2) is 42.1 Å².